The van der Waals surface area contributed by atoms with Crippen LogP contribution in [0.15, 0.2) is 125 Å². The predicted octanol–water partition coefficient (Wildman–Crippen LogP) is 12.5. The Labute approximate surface area is 375 Å². The number of Topliss-reactive ketones (excluding diaryl/α,β-unsaturated/α-hetero) is 3. The summed E-state index contributed by atoms with van der Waals surface area (Å²) >= 11 is 0. The van der Waals surface area contributed by atoms with Gasteiger partial charge < -0.3 is 14.6 Å². The number of ether oxygens (including phenoxy) is 2. The van der Waals surface area contributed by atoms with Crippen LogP contribution in [0.25, 0.3) is 0 Å². The Balaban J connectivity index is 1.72. The first-order valence-electron chi connectivity index (χ1n) is 21.6. The molecule has 0 aromatic heterocycles. The van der Waals surface area contributed by atoms with Crippen LogP contribution < -0.4 is 9.47 Å². The van der Waals surface area contributed by atoms with Crippen molar-refractivity contribution in [2.45, 2.75) is 108 Å². The van der Waals surface area contributed by atoms with Crippen LogP contribution in [0, 0.1) is 48.3 Å². The average molecular weight is 873 g/mol. The minimum Gasteiger partial charge on any atom is -0.510 e. The SMILES string of the molecule is C=C(C)C(CC=C(C)C)CC12CC(CC=C(C)C)C(C)(C)C(CC=C(C)C)(C(=O)C(C(=O)c3ccc(OCc4cccc([N+](=O)[O-])c4)c(OCc4cccc([N+](=O)[O-])c4)c3)=C1O)C2=O. The summed E-state index contributed by atoms with van der Waals surface area (Å²) < 4.78 is 12.3. The molecule has 0 spiro atoms. The lowest BCUT2D eigenvalue weighted by atomic mass is 9.39. The van der Waals surface area contributed by atoms with Crippen LogP contribution in [-0.2, 0) is 22.8 Å². The van der Waals surface area contributed by atoms with Crippen LogP contribution in [0.4, 0.5) is 11.4 Å². The van der Waals surface area contributed by atoms with Crippen LogP contribution in [0.3, 0.4) is 0 Å². The van der Waals surface area contributed by atoms with Gasteiger partial charge in [0.2, 0.25) is 0 Å². The predicted molar refractivity (Wildman–Crippen MR) is 247 cm³/mol. The van der Waals surface area contributed by atoms with Crippen LogP contribution in [0.2, 0.25) is 0 Å². The Morgan fingerprint density at radius 3 is 1.88 bits per heavy atom. The second kappa shape index (κ2) is 19.5. The number of nitrogens with zero attached hydrogens (tertiary/aromatic N) is 2. The summed E-state index contributed by atoms with van der Waals surface area (Å²) in [6.45, 7) is 21.5. The molecule has 338 valence electrons. The maximum Gasteiger partial charge on any atom is 0.269 e. The molecular formula is C52H60N2O10. The molecule has 1 fully saturated rings. The largest absolute Gasteiger partial charge is 0.510 e. The molecule has 0 amide bonds. The van der Waals surface area contributed by atoms with Crippen molar-refractivity contribution in [3.8, 4) is 11.5 Å². The first kappa shape index (κ1) is 48.6. The highest BCUT2D eigenvalue weighted by atomic mass is 16.6. The number of hydrogen-bond donors (Lipinski definition) is 1. The van der Waals surface area contributed by atoms with Gasteiger partial charge in [-0.3, -0.25) is 34.6 Å². The van der Waals surface area contributed by atoms with E-state index in [1.54, 1.807) is 12.1 Å². The van der Waals surface area contributed by atoms with E-state index in [2.05, 4.69) is 18.7 Å². The highest BCUT2D eigenvalue weighted by molar-refractivity contribution is 6.35. The highest BCUT2D eigenvalue weighted by Gasteiger charge is 2.72. The normalized spacial score (nSPS) is 20.4. The molecule has 12 nitrogen and oxygen atoms in total. The fraction of sp³-hybridized carbons (Fsp3) is 0.404. The Morgan fingerprint density at radius 2 is 1.36 bits per heavy atom. The Bertz CT molecular complexity index is 2500. The zero-order valence-electron chi connectivity index (χ0n) is 38.4. The number of allylic oxidation sites excluding steroid dienone is 9. The van der Waals surface area contributed by atoms with Crippen molar-refractivity contribution < 1.29 is 38.8 Å². The van der Waals surface area contributed by atoms with Gasteiger partial charge in [-0.15, -0.1) is 0 Å². The number of rotatable bonds is 19. The number of fused-ring (bicyclic) bond motifs is 2. The summed E-state index contributed by atoms with van der Waals surface area (Å²) in [5.74, 6) is -2.80. The van der Waals surface area contributed by atoms with Crippen molar-refractivity contribution in [1.29, 1.82) is 0 Å². The summed E-state index contributed by atoms with van der Waals surface area (Å²) in [6.07, 6.45) is 7.53. The summed E-state index contributed by atoms with van der Waals surface area (Å²) in [5.41, 5.74) is -0.280. The molecule has 3 aromatic carbocycles. The van der Waals surface area contributed by atoms with Crippen molar-refractivity contribution >= 4 is 28.7 Å². The molecule has 4 atom stereocenters. The molecule has 2 aliphatic carbocycles. The van der Waals surface area contributed by atoms with E-state index in [-0.39, 0.29) is 78.5 Å². The molecule has 0 heterocycles. The molecule has 1 saturated carbocycles. The second-order valence-corrected chi connectivity index (χ2v) is 18.7. The molecule has 64 heavy (non-hydrogen) atoms. The number of aliphatic hydroxyl groups is 1. The van der Waals surface area contributed by atoms with E-state index >= 15 is 14.4 Å². The average Bonchev–Trinajstić information content (AvgIpc) is 3.23. The summed E-state index contributed by atoms with van der Waals surface area (Å²) in [4.78, 5) is 68.5. The summed E-state index contributed by atoms with van der Waals surface area (Å²) in [7, 11) is 0. The first-order valence-corrected chi connectivity index (χ1v) is 21.6. The quantitative estimate of drug-likeness (QED) is 0.0304. The summed E-state index contributed by atoms with van der Waals surface area (Å²) in [6, 6.07) is 16.1. The van der Waals surface area contributed by atoms with E-state index in [1.807, 2.05) is 68.4 Å². The van der Waals surface area contributed by atoms with Gasteiger partial charge >= 0.3 is 0 Å². The lowest BCUT2D eigenvalue weighted by Crippen LogP contribution is -2.67. The standard InChI is InChI=1S/C52H60N2O10/c1-32(2)17-19-39(35(7)8)28-51-29-40(21-18-33(3)4)50(9,10)52(49(51)58,24-23-34(5)6)48(57)45(47(51)56)46(55)38-20-22-43(63-30-36-13-11-15-41(25-36)53(59)60)44(27-38)64-31-37-14-12-16-42(26-37)54(61)62/h11-18,20,22-23,25-27,39-40,56H,7,19,21,24,28-31H2,1-6,8-10H3. The minimum absolute atomic E-state index is 0.0301. The van der Waals surface area contributed by atoms with E-state index in [0.717, 1.165) is 22.3 Å². The lowest BCUT2D eigenvalue weighted by Gasteiger charge is -2.60. The van der Waals surface area contributed by atoms with E-state index in [4.69, 9.17) is 9.47 Å². The smallest absolute Gasteiger partial charge is 0.269 e. The molecular weight excluding hydrogens is 813 g/mol. The van der Waals surface area contributed by atoms with Gasteiger partial charge in [0.15, 0.2) is 28.8 Å². The maximum absolute atomic E-state index is 15.7. The minimum atomic E-state index is -1.72. The number of non-ortho nitro benzene ring substituents is 2. The maximum atomic E-state index is 15.7. The summed E-state index contributed by atoms with van der Waals surface area (Å²) in [5, 5.41) is 35.8. The molecule has 1 N–H and O–H groups in total. The van der Waals surface area contributed by atoms with Gasteiger partial charge in [-0.1, -0.05) is 85.2 Å². The Hall–Kier alpha value is -6.43. The molecule has 12 heteroatoms. The van der Waals surface area contributed by atoms with Crippen LogP contribution in [-0.4, -0.2) is 32.3 Å². The van der Waals surface area contributed by atoms with E-state index in [9.17, 15) is 25.3 Å². The molecule has 0 saturated heterocycles. The zero-order valence-corrected chi connectivity index (χ0v) is 38.4. The van der Waals surface area contributed by atoms with Gasteiger partial charge in [0.05, 0.1) is 15.3 Å². The van der Waals surface area contributed by atoms with Crippen molar-refractivity contribution in [1.82, 2.24) is 0 Å². The number of aliphatic hydroxyl groups excluding tert-OH is 1. The molecule has 0 radical (unpaired) electrons. The third-order valence-electron chi connectivity index (χ3n) is 13.0. The van der Waals surface area contributed by atoms with Crippen molar-refractivity contribution in [2.24, 2.45) is 28.1 Å². The Kier molecular flexibility index (Phi) is 14.8. The first-order chi connectivity index (χ1) is 30.0. The fourth-order valence-electron chi connectivity index (χ4n) is 9.15. The number of ketones is 3. The second-order valence-electron chi connectivity index (χ2n) is 18.7. The molecule has 5 rings (SSSR count). The van der Waals surface area contributed by atoms with Crippen molar-refractivity contribution in [3.05, 3.63) is 162 Å². The number of benzene rings is 3. The molecule has 2 aliphatic rings. The van der Waals surface area contributed by atoms with E-state index in [1.165, 1.54) is 54.6 Å². The topological polar surface area (TPSA) is 176 Å². The molecule has 3 aromatic rings. The number of carbonyl (C=O) groups is 3. The van der Waals surface area contributed by atoms with E-state index in [0.29, 0.717) is 24.0 Å². The van der Waals surface area contributed by atoms with Crippen molar-refractivity contribution in [3.63, 3.8) is 0 Å². The zero-order chi connectivity index (χ0) is 47.3. The number of nitro benzene ring substituents is 2. The van der Waals surface area contributed by atoms with Crippen LogP contribution >= 0.6 is 0 Å². The molecule has 2 bridgehead atoms. The van der Waals surface area contributed by atoms with Gasteiger partial charge in [0.25, 0.3) is 11.4 Å². The van der Waals surface area contributed by atoms with Gasteiger partial charge in [-0.05, 0) is 127 Å². The van der Waals surface area contributed by atoms with Gasteiger partial charge in [0.1, 0.15) is 30.0 Å². The van der Waals surface area contributed by atoms with Crippen LogP contribution in [0.5, 0.6) is 11.5 Å². The lowest BCUT2D eigenvalue weighted by molar-refractivity contribution is -0.385. The molecule has 4 unspecified atom stereocenters. The third-order valence-corrected chi connectivity index (χ3v) is 13.0. The van der Waals surface area contributed by atoms with Gasteiger partial charge in [-0.2, -0.15) is 0 Å². The highest BCUT2D eigenvalue weighted by Crippen LogP contribution is 2.67. The van der Waals surface area contributed by atoms with Crippen molar-refractivity contribution in [2.75, 3.05) is 0 Å². The number of carbonyl (C=O) groups excluding carboxylic acids is 3. The van der Waals surface area contributed by atoms with E-state index < -0.39 is 49.0 Å². The number of hydrogen-bond acceptors (Lipinski definition) is 10. The third kappa shape index (κ3) is 9.86. The molecule has 0 aliphatic heterocycles. The van der Waals surface area contributed by atoms with Gasteiger partial charge in [0, 0.05) is 29.8 Å². The monoisotopic (exact) mass is 872 g/mol. The Morgan fingerprint density at radius 1 is 0.812 bits per heavy atom. The van der Waals surface area contributed by atoms with Gasteiger partial charge in [-0.25, -0.2) is 0 Å². The number of nitro groups is 2. The fourth-order valence-corrected chi connectivity index (χ4v) is 9.15. The van der Waals surface area contributed by atoms with Crippen LogP contribution in [0.1, 0.15) is 116 Å².